The quantitative estimate of drug-likeness (QED) is 0.384. The minimum Gasteiger partial charge on any atom is -0.326 e. The van der Waals surface area contributed by atoms with Gasteiger partial charge in [-0.15, -0.1) is 10.2 Å². The van der Waals surface area contributed by atoms with Crippen LogP contribution < -0.4 is 16.0 Å². The lowest BCUT2D eigenvalue weighted by atomic mass is 9.98. The Bertz CT molecular complexity index is 1110. The molecule has 0 aliphatic carbocycles. The molecule has 0 fully saturated rings. The van der Waals surface area contributed by atoms with Gasteiger partial charge < -0.3 is 10.6 Å². The summed E-state index contributed by atoms with van der Waals surface area (Å²) >= 11 is 13.1. The average molecular weight is 496 g/mol. The molecule has 3 rings (SSSR count). The minimum absolute atomic E-state index is 0.161. The SMILES string of the molecule is CC[C@@H](C)[C@@H](NC(=O)Nc1ccc(Cl)cc1Cl)C(=O)Nc1nnc(-c2ccc(F)cc2)s1. The third-order valence-electron chi connectivity index (χ3n) is 4.71. The third kappa shape index (κ3) is 6.15. The highest BCUT2D eigenvalue weighted by atomic mass is 35.5. The number of urea groups is 1. The Hall–Kier alpha value is -2.75. The van der Waals surface area contributed by atoms with E-state index < -0.39 is 18.0 Å². The number of aromatic nitrogens is 2. The van der Waals surface area contributed by atoms with Gasteiger partial charge in [0.2, 0.25) is 11.0 Å². The maximum atomic E-state index is 13.1. The summed E-state index contributed by atoms with van der Waals surface area (Å²) in [5.41, 5.74) is 1.05. The number of nitrogens with zero attached hydrogens (tertiary/aromatic N) is 2. The van der Waals surface area contributed by atoms with Crippen molar-refractivity contribution in [3.8, 4) is 10.6 Å². The predicted molar refractivity (Wildman–Crippen MR) is 126 cm³/mol. The van der Waals surface area contributed by atoms with Crippen molar-refractivity contribution in [2.75, 3.05) is 10.6 Å². The Balaban J connectivity index is 1.68. The molecule has 0 unspecified atom stereocenters. The normalized spacial score (nSPS) is 12.7. The van der Waals surface area contributed by atoms with E-state index in [2.05, 4.69) is 26.1 Å². The Morgan fingerprint density at radius 3 is 2.47 bits per heavy atom. The van der Waals surface area contributed by atoms with E-state index in [1.165, 1.54) is 18.2 Å². The molecule has 1 heterocycles. The number of carbonyl (C=O) groups excluding carboxylic acids is 2. The molecule has 0 saturated heterocycles. The number of hydrogen-bond donors (Lipinski definition) is 3. The van der Waals surface area contributed by atoms with Gasteiger partial charge in [-0.05, 0) is 48.4 Å². The molecule has 32 heavy (non-hydrogen) atoms. The lowest BCUT2D eigenvalue weighted by Crippen LogP contribution is -2.49. The summed E-state index contributed by atoms with van der Waals surface area (Å²) in [4.78, 5) is 25.4. The molecule has 3 N–H and O–H groups in total. The van der Waals surface area contributed by atoms with Crippen LogP contribution in [0.25, 0.3) is 10.6 Å². The summed E-state index contributed by atoms with van der Waals surface area (Å²) in [6, 6.07) is 9.06. The maximum absolute atomic E-state index is 13.1. The predicted octanol–water partition coefficient (Wildman–Crippen LogP) is 5.83. The zero-order valence-electron chi connectivity index (χ0n) is 17.2. The van der Waals surface area contributed by atoms with E-state index in [1.807, 2.05) is 13.8 Å². The Labute approximate surface area is 198 Å². The van der Waals surface area contributed by atoms with Crippen LogP contribution in [-0.2, 0) is 4.79 Å². The largest absolute Gasteiger partial charge is 0.326 e. The van der Waals surface area contributed by atoms with Crippen LogP contribution in [0.5, 0.6) is 0 Å². The molecular weight excluding hydrogens is 476 g/mol. The molecule has 0 saturated carbocycles. The smallest absolute Gasteiger partial charge is 0.319 e. The third-order valence-corrected chi connectivity index (χ3v) is 6.14. The number of benzene rings is 2. The number of nitrogens with one attached hydrogen (secondary N) is 3. The van der Waals surface area contributed by atoms with Crippen molar-refractivity contribution in [3.63, 3.8) is 0 Å². The van der Waals surface area contributed by atoms with Crippen LogP contribution >= 0.6 is 34.5 Å². The number of halogens is 3. The van der Waals surface area contributed by atoms with E-state index in [4.69, 9.17) is 23.2 Å². The maximum Gasteiger partial charge on any atom is 0.319 e. The second-order valence-corrected chi connectivity index (χ2v) is 8.82. The van der Waals surface area contributed by atoms with Crippen LogP contribution in [0.3, 0.4) is 0 Å². The molecular formula is C21H20Cl2FN5O2S. The Morgan fingerprint density at radius 2 is 1.81 bits per heavy atom. The van der Waals surface area contributed by atoms with Gasteiger partial charge in [-0.2, -0.15) is 0 Å². The minimum atomic E-state index is -0.829. The van der Waals surface area contributed by atoms with Gasteiger partial charge in [0.15, 0.2) is 0 Å². The van der Waals surface area contributed by atoms with Gasteiger partial charge in [-0.1, -0.05) is 54.8 Å². The zero-order chi connectivity index (χ0) is 23.3. The van der Waals surface area contributed by atoms with Gasteiger partial charge in [0, 0.05) is 10.6 Å². The van der Waals surface area contributed by atoms with Crippen LogP contribution in [0, 0.1) is 11.7 Å². The van der Waals surface area contributed by atoms with Gasteiger partial charge in [0.25, 0.3) is 0 Å². The fraction of sp³-hybridized carbons (Fsp3) is 0.238. The summed E-state index contributed by atoms with van der Waals surface area (Å²) in [6.45, 7) is 3.77. The van der Waals surface area contributed by atoms with Gasteiger partial charge >= 0.3 is 6.03 Å². The highest BCUT2D eigenvalue weighted by Crippen LogP contribution is 2.27. The Kier molecular flexibility index (Phi) is 8.00. The second kappa shape index (κ2) is 10.7. The number of hydrogen-bond acceptors (Lipinski definition) is 5. The lowest BCUT2D eigenvalue weighted by Gasteiger charge is -2.23. The summed E-state index contributed by atoms with van der Waals surface area (Å²) in [5, 5.41) is 17.5. The first-order chi connectivity index (χ1) is 15.3. The first-order valence-electron chi connectivity index (χ1n) is 9.69. The van der Waals surface area contributed by atoms with Gasteiger partial charge in [0.05, 0.1) is 10.7 Å². The van der Waals surface area contributed by atoms with E-state index in [9.17, 15) is 14.0 Å². The molecule has 1 aromatic heterocycles. The summed E-state index contributed by atoms with van der Waals surface area (Å²) in [7, 11) is 0. The molecule has 168 valence electrons. The molecule has 2 atom stereocenters. The van der Waals surface area contributed by atoms with Crippen LogP contribution in [-0.4, -0.2) is 28.2 Å². The fourth-order valence-electron chi connectivity index (χ4n) is 2.76. The van der Waals surface area contributed by atoms with Crippen molar-refractivity contribution >= 4 is 57.3 Å². The zero-order valence-corrected chi connectivity index (χ0v) is 19.5. The number of amides is 3. The van der Waals surface area contributed by atoms with Crippen molar-refractivity contribution in [3.05, 3.63) is 58.3 Å². The standard InChI is InChI=1S/C21H20Cl2FN5O2S/c1-3-11(2)17(26-20(31)25-16-9-6-13(22)10-15(16)23)18(30)27-21-29-28-19(32-21)12-4-7-14(24)8-5-12/h4-11,17H,3H2,1-2H3,(H2,25,26,31)(H,27,29,30)/t11-,17-/m1/s1. The van der Waals surface area contributed by atoms with E-state index in [0.29, 0.717) is 27.7 Å². The van der Waals surface area contributed by atoms with Crippen molar-refractivity contribution in [2.45, 2.75) is 26.3 Å². The highest BCUT2D eigenvalue weighted by molar-refractivity contribution is 7.18. The van der Waals surface area contributed by atoms with E-state index in [-0.39, 0.29) is 21.9 Å². The molecule has 11 heteroatoms. The van der Waals surface area contributed by atoms with Crippen molar-refractivity contribution in [2.24, 2.45) is 5.92 Å². The van der Waals surface area contributed by atoms with Crippen molar-refractivity contribution < 1.29 is 14.0 Å². The van der Waals surface area contributed by atoms with Crippen LogP contribution in [0.2, 0.25) is 10.0 Å². The Morgan fingerprint density at radius 1 is 1.09 bits per heavy atom. The van der Waals surface area contributed by atoms with Gasteiger partial charge in [-0.3, -0.25) is 10.1 Å². The molecule has 0 aliphatic heterocycles. The molecule has 7 nitrogen and oxygen atoms in total. The van der Waals surface area contributed by atoms with E-state index in [1.54, 1.807) is 24.3 Å². The molecule has 0 radical (unpaired) electrons. The number of carbonyl (C=O) groups is 2. The van der Waals surface area contributed by atoms with Crippen molar-refractivity contribution in [1.82, 2.24) is 15.5 Å². The van der Waals surface area contributed by atoms with Crippen LogP contribution in [0.1, 0.15) is 20.3 Å². The number of anilines is 2. The van der Waals surface area contributed by atoms with E-state index in [0.717, 1.165) is 11.3 Å². The van der Waals surface area contributed by atoms with Gasteiger partial charge in [0.1, 0.15) is 16.9 Å². The van der Waals surface area contributed by atoms with E-state index >= 15 is 0 Å². The molecule has 2 aromatic carbocycles. The number of rotatable bonds is 7. The fourth-order valence-corrected chi connectivity index (χ4v) is 3.97. The molecule has 3 amide bonds. The average Bonchev–Trinajstić information content (AvgIpc) is 3.22. The summed E-state index contributed by atoms with van der Waals surface area (Å²) in [6.07, 6.45) is 0.650. The molecule has 0 bridgehead atoms. The lowest BCUT2D eigenvalue weighted by molar-refractivity contribution is -0.119. The van der Waals surface area contributed by atoms with Crippen molar-refractivity contribution in [1.29, 1.82) is 0 Å². The monoisotopic (exact) mass is 495 g/mol. The molecule has 0 spiro atoms. The first-order valence-corrected chi connectivity index (χ1v) is 11.3. The second-order valence-electron chi connectivity index (χ2n) is 6.99. The van der Waals surface area contributed by atoms with Crippen LogP contribution in [0.4, 0.5) is 20.0 Å². The highest BCUT2D eigenvalue weighted by Gasteiger charge is 2.27. The van der Waals surface area contributed by atoms with Crippen LogP contribution in [0.15, 0.2) is 42.5 Å². The van der Waals surface area contributed by atoms with Gasteiger partial charge in [-0.25, -0.2) is 9.18 Å². The summed E-state index contributed by atoms with van der Waals surface area (Å²) < 4.78 is 13.1. The topological polar surface area (TPSA) is 96.0 Å². The molecule has 0 aliphatic rings. The summed E-state index contributed by atoms with van der Waals surface area (Å²) in [5.74, 6) is -0.947. The molecule has 3 aromatic rings. The first kappa shape index (κ1) is 23.9.